The van der Waals surface area contributed by atoms with Crippen molar-refractivity contribution in [2.75, 3.05) is 39.4 Å². The van der Waals surface area contributed by atoms with Crippen LogP contribution in [0.5, 0.6) is 11.5 Å². The summed E-state index contributed by atoms with van der Waals surface area (Å²) >= 11 is 1.79. The zero-order valence-corrected chi connectivity index (χ0v) is 15.4. The average molecular weight is 370 g/mol. The maximum absolute atomic E-state index is 12.5. The Labute approximate surface area is 157 Å². The Morgan fingerprint density at radius 3 is 2.65 bits per heavy atom. The maximum atomic E-state index is 12.5. The number of carbonyl (C=O) groups excluding carboxylic acids is 1. The lowest BCUT2D eigenvalue weighted by Crippen LogP contribution is -2.47. The minimum Gasteiger partial charge on any atom is -0.486 e. The monoisotopic (exact) mass is 370 g/mol. The van der Waals surface area contributed by atoms with Crippen LogP contribution >= 0.6 is 11.3 Å². The van der Waals surface area contributed by atoms with Crippen molar-refractivity contribution in [3.63, 3.8) is 0 Å². The molecule has 3 heterocycles. The Balaban J connectivity index is 1.30. The van der Waals surface area contributed by atoms with Gasteiger partial charge in [-0.1, -0.05) is 12.1 Å². The largest absolute Gasteiger partial charge is 0.486 e. The lowest BCUT2D eigenvalue weighted by molar-refractivity contribution is -0.127. The van der Waals surface area contributed by atoms with Crippen molar-refractivity contribution in [2.45, 2.75) is 6.54 Å². The van der Waals surface area contributed by atoms with Crippen molar-refractivity contribution in [3.8, 4) is 11.5 Å². The van der Waals surface area contributed by atoms with E-state index in [0.29, 0.717) is 13.2 Å². The van der Waals surface area contributed by atoms with Crippen LogP contribution in [0.15, 0.2) is 41.8 Å². The molecule has 0 aliphatic carbocycles. The number of amides is 1. The molecule has 5 nitrogen and oxygen atoms in total. The van der Waals surface area contributed by atoms with Crippen molar-refractivity contribution in [1.29, 1.82) is 0 Å². The predicted molar refractivity (Wildman–Crippen MR) is 103 cm³/mol. The van der Waals surface area contributed by atoms with Crippen LogP contribution in [0.1, 0.15) is 10.4 Å². The molecular weight excluding hydrogens is 348 g/mol. The molecule has 6 heteroatoms. The molecule has 1 aromatic heterocycles. The summed E-state index contributed by atoms with van der Waals surface area (Å²) in [5.74, 6) is 1.57. The number of fused-ring (bicyclic) bond motifs is 1. The molecule has 26 heavy (non-hydrogen) atoms. The van der Waals surface area contributed by atoms with E-state index < -0.39 is 0 Å². The number of hydrogen-bond acceptors (Lipinski definition) is 5. The van der Waals surface area contributed by atoms with Crippen LogP contribution in [-0.4, -0.2) is 55.1 Å². The number of piperazine rings is 1. The first-order valence-electron chi connectivity index (χ1n) is 8.89. The van der Waals surface area contributed by atoms with Gasteiger partial charge < -0.3 is 14.4 Å². The fraction of sp³-hybridized carbons (Fsp3) is 0.350. The molecule has 2 aliphatic rings. The molecule has 1 amide bonds. The number of hydrogen-bond donors (Lipinski definition) is 0. The molecular formula is C20H22N2O3S. The van der Waals surface area contributed by atoms with Crippen LogP contribution < -0.4 is 9.47 Å². The summed E-state index contributed by atoms with van der Waals surface area (Å²) < 4.78 is 11.1. The van der Waals surface area contributed by atoms with E-state index in [9.17, 15) is 4.79 Å². The highest BCUT2D eigenvalue weighted by Crippen LogP contribution is 2.31. The van der Waals surface area contributed by atoms with E-state index in [1.165, 1.54) is 4.88 Å². The standard InChI is InChI=1S/C20H22N2O3S/c23-20(6-4-16-3-5-18-19(14-16)25-12-11-24-18)22-9-7-21(8-10-22)15-17-2-1-13-26-17/h1-6,13-14H,7-12,15H2/b6-4+. The van der Waals surface area contributed by atoms with Gasteiger partial charge in [0.15, 0.2) is 11.5 Å². The van der Waals surface area contributed by atoms with Gasteiger partial charge in [-0.2, -0.15) is 0 Å². The van der Waals surface area contributed by atoms with Crippen molar-refractivity contribution in [2.24, 2.45) is 0 Å². The van der Waals surface area contributed by atoms with E-state index in [4.69, 9.17) is 9.47 Å². The highest BCUT2D eigenvalue weighted by molar-refractivity contribution is 7.09. The van der Waals surface area contributed by atoms with Crippen molar-refractivity contribution in [1.82, 2.24) is 9.80 Å². The minimum atomic E-state index is 0.0654. The van der Waals surface area contributed by atoms with E-state index in [0.717, 1.165) is 49.8 Å². The number of benzene rings is 1. The van der Waals surface area contributed by atoms with Gasteiger partial charge in [-0.15, -0.1) is 11.3 Å². The first-order chi connectivity index (χ1) is 12.8. The van der Waals surface area contributed by atoms with Crippen LogP contribution in [0.3, 0.4) is 0 Å². The van der Waals surface area contributed by atoms with E-state index in [1.807, 2.05) is 29.2 Å². The summed E-state index contributed by atoms with van der Waals surface area (Å²) in [5.41, 5.74) is 0.943. The predicted octanol–water partition coefficient (Wildman–Crippen LogP) is 2.88. The van der Waals surface area contributed by atoms with E-state index in [2.05, 4.69) is 22.4 Å². The molecule has 2 aromatic rings. The summed E-state index contributed by atoms with van der Waals surface area (Å²) in [7, 11) is 0. The Kier molecular flexibility index (Phi) is 5.22. The molecule has 2 aliphatic heterocycles. The molecule has 136 valence electrons. The molecule has 1 fully saturated rings. The van der Waals surface area contributed by atoms with Gasteiger partial charge in [0, 0.05) is 43.7 Å². The van der Waals surface area contributed by atoms with Gasteiger partial charge in [-0.3, -0.25) is 9.69 Å². The minimum absolute atomic E-state index is 0.0654. The Bertz CT molecular complexity index is 780. The first kappa shape index (κ1) is 17.1. The molecule has 1 saturated heterocycles. The zero-order chi connectivity index (χ0) is 17.8. The highest BCUT2D eigenvalue weighted by Gasteiger charge is 2.20. The summed E-state index contributed by atoms with van der Waals surface area (Å²) in [5, 5.41) is 2.11. The van der Waals surface area contributed by atoms with Gasteiger partial charge in [0.05, 0.1) is 0 Å². The van der Waals surface area contributed by atoms with Gasteiger partial charge in [0.1, 0.15) is 13.2 Å². The lowest BCUT2D eigenvalue weighted by Gasteiger charge is -2.34. The molecule has 0 saturated carbocycles. The normalized spacial score (nSPS) is 17.6. The summed E-state index contributed by atoms with van der Waals surface area (Å²) in [4.78, 5) is 18.1. The highest BCUT2D eigenvalue weighted by atomic mass is 32.1. The molecule has 0 unspecified atom stereocenters. The SMILES string of the molecule is O=C(/C=C/c1ccc2c(c1)OCCO2)N1CCN(Cc2cccs2)CC1. The third kappa shape index (κ3) is 4.08. The second-order valence-electron chi connectivity index (χ2n) is 6.42. The van der Waals surface area contributed by atoms with Gasteiger partial charge >= 0.3 is 0 Å². The zero-order valence-electron chi connectivity index (χ0n) is 14.6. The van der Waals surface area contributed by atoms with Crippen LogP contribution in [0.2, 0.25) is 0 Å². The van der Waals surface area contributed by atoms with Crippen molar-refractivity contribution in [3.05, 3.63) is 52.2 Å². The molecule has 0 bridgehead atoms. The molecule has 0 atom stereocenters. The van der Waals surface area contributed by atoms with Gasteiger partial charge in [0.25, 0.3) is 0 Å². The molecule has 0 spiro atoms. The van der Waals surface area contributed by atoms with Crippen molar-refractivity contribution >= 4 is 23.3 Å². The Morgan fingerprint density at radius 1 is 1.08 bits per heavy atom. The van der Waals surface area contributed by atoms with Crippen molar-refractivity contribution < 1.29 is 14.3 Å². The van der Waals surface area contributed by atoms with E-state index in [1.54, 1.807) is 17.4 Å². The molecule has 0 radical (unpaired) electrons. The van der Waals surface area contributed by atoms with Crippen LogP contribution in [0.25, 0.3) is 6.08 Å². The number of ether oxygens (including phenoxy) is 2. The third-order valence-electron chi connectivity index (χ3n) is 4.63. The topological polar surface area (TPSA) is 42.0 Å². The summed E-state index contributed by atoms with van der Waals surface area (Å²) in [6.07, 6.45) is 3.50. The summed E-state index contributed by atoms with van der Waals surface area (Å²) in [6, 6.07) is 10.00. The first-order valence-corrected chi connectivity index (χ1v) is 9.77. The molecule has 0 N–H and O–H groups in total. The van der Waals surface area contributed by atoms with Gasteiger partial charge in [-0.25, -0.2) is 0 Å². The van der Waals surface area contributed by atoms with Crippen LogP contribution in [-0.2, 0) is 11.3 Å². The molecule has 1 aromatic carbocycles. The number of nitrogens with zero attached hydrogens (tertiary/aromatic N) is 2. The van der Waals surface area contributed by atoms with E-state index >= 15 is 0 Å². The van der Waals surface area contributed by atoms with Crippen LogP contribution in [0.4, 0.5) is 0 Å². The number of carbonyl (C=O) groups is 1. The van der Waals surface area contributed by atoms with E-state index in [-0.39, 0.29) is 5.91 Å². The fourth-order valence-corrected chi connectivity index (χ4v) is 3.93. The maximum Gasteiger partial charge on any atom is 0.246 e. The Morgan fingerprint density at radius 2 is 1.88 bits per heavy atom. The molecule has 4 rings (SSSR count). The second kappa shape index (κ2) is 7.93. The fourth-order valence-electron chi connectivity index (χ4n) is 3.19. The average Bonchev–Trinajstić information content (AvgIpc) is 3.19. The van der Waals surface area contributed by atoms with Gasteiger partial charge in [0.2, 0.25) is 5.91 Å². The second-order valence-corrected chi connectivity index (χ2v) is 7.45. The van der Waals surface area contributed by atoms with Gasteiger partial charge in [-0.05, 0) is 35.2 Å². The number of rotatable bonds is 4. The Hall–Kier alpha value is -2.31. The van der Waals surface area contributed by atoms with Crippen LogP contribution in [0, 0.1) is 0 Å². The summed E-state index contributed by atoms with van der Waals surface area (Å²) in [6.45, 7) is 5.51. The third-order valence-corrected chi connectivity index (χ3v) is 5.49. The lowest BCUT2D eigenvalue weighted by atomic mass is 10.1. The smallest absolute Gasteiger partial charge is 0.246 e. The quantitative estimate of drug-likeness (QED) is 0.776. The number of thiophene rings is 1.